The van der Waals surface area contributed by atoms with Gasteiger partial charge >= 0.3 is 0 Å². The molecule has 1 unspecified atom stereocenters. The first-order valence-electron chi connectivity index (χ1n) is 9.46. The van der Waals surface area contributed by atoms with E-state index in [1.807, 2.05) is 22.7 Å². The molecule has 0 saturated heterocycles. The molecule has 0 aromatic carbocycles. The zero-order chi connectivity index (χ0) is 19.2. The molecule has 1 amide bonds. The molecular formula is C20H23ClF2N2O2. The van der Waals surface area contributed by atoms with Crippen molar-refractivity contribution in [3.8, 4) is 0 Å². The number of nitrogens with zero attached hydrogens (tertiary/aromatic N) is 1. The fraction of sp³-hybridized carbons (Fsp3) is 0.550. The Hall–Kier alpha value is -1.66. The Morgan fingerprint density at radius 1 is 1.33 bits per heavy atom. The smallest absolute Gasteiger partial charge is 0.253 e. The number of hydrogen-bond acceptors (Lipinski definition) is 2. The first kappa shape index (κ1) is 18.7. The SMILES string of the molecule is O=C(NCC1(O)CCCC(F)(F)C1)c1cc(C2CCC2)n2cccc(Cl)c12. The molecule has 2 N–H and O–H groups in total. The van der Waals surface area contributed by atoms with Gasteiger partial charge in [0.05, 0.1) is 21.7 Å². The topological polar surface area (TPSA) is 53.7 Å². The van der Waals surface area contributed by atoms with Gasteiger partial charge in [-0.1, -0.05) is 18.0 Å². The van der Waals surface area contributed by atoms with Gasteiger partial charge in [-0.2, -0.15) is 0 Å². The van der Waals surface area contributed by atoms with Gasteiger partial charge in [0.2, 0.25) is 0 Å². The number of aromatic nitrogens is 1. The quantitative estimate of drug-likeness (QED) is 0.797. The number of hydrogen-bond donors (Lipinski definition) is 2. The minimum atomic E-state index is -2.89. The number of aliphatic hydroxyl groups is 1. The lowest BCUT2D eigenvalue weighted by molar-refractivity contribution is -0.121. The van der Waals surface area contributed by atoms with E-state index in [0.717, 1.165) is 18.5 Å². The van der Waals surface area contributed by atoms with Crippen LogP contribution in [0.3, 0.4) is 0 Å². The van der Waals surface area contributed by atoms with Crippen molar-refractivity contribution in [1.82, 2.24) is 9.72 Å². The average molecular weight is 397 g/mol. The molecule has 2 fully saturated rings. The van der Waals surface area contributed by atoms with Gasteiger partial charge in [-0.15, -0.1) is 0 Å². The van der Waals surface area contributed by atoms with E-state index in [9.17, 15) is 18.7 Å². The first-order valence-corrected chi connectivity index (χ1v) is 9.84. The maximum atomic E-state index is 13.7. The number of carbonyl (C=O) groups is 1. The predicted molar refractivity (Wildman–Crippen MR) is 99.7 cm³/mol. The highest BCUT2D eigenvalue weighted by Crippen LogP contribution is 2.40. The van der Waals surface area contributed by atoms with Crippen LogP contribution < -0.4 is 5.32 Å². The monoisotopic (exact) mass is 396 g/mol. The summed E-state index contributed by atoms with van der Waals surface area (Å²) in [7, 11) is 0. The van der Waals surface area contributed by atoms with Crippen molar-refractivity contribution < 1.29 is 18.7 Å². The third kappa shape index (κ3) is 3.57. The molecule has 0 spiro atoms. The van der Waals surface area contributed by atoms with Crippen molar-refractivity contribution >= 4 is 23.0 Å². The van der Waals surface area contributed by atoms with Crippen LogP contribution in [-0.4, -0.2) is 33.5 Å². The molecule has 27 heavy (non-hydrogen) atoms. The number of carbonyl (C=O) groups excluding carboxylic acids is 1. The Morgan fingerprint density at radius 3 is 2.78 bits per heavy atom. The number of pyridine rings is 1. The maximum absolute atomic E-state index is 13.7. The van der Waals surface area contributed by atoms with Crippen LogP contribution in [0.2, 0.25) is 5.02 Å². The highest BCUT2D eigenvalue weighted by Gasteiger charge is 2.44. The highest BCUT2D eigenvalue weighted by molar-refractivity contribution is 6.34. The van der Waals surface area contributed by atoms with Crippen molar-refractivity contribution in [3.63, 3.8) is 0 Å². The van der Waals surface area contributed by atoms with E-state index in [2.05, 4.69) is 5.32 Å². The number of rotatable bonds is 4. The van der Waals surface area contributed by atoms with Crippen molar-refractivity contribution in [2.75, 3.05) is 6.54 Å². The normalized spacial score (nSPS) is 25.3. The standard InChI is InChI=1S/C20H23ClF2N2O2/c21-15-6-2-9-25-16(13-4-1-5-13)10-14(17(15)25)18(26)24-12-19(27)7-3-8-20(22,23)11-19/h2,6,9-10,13,27H,1,3-5,7-8,11-12H2,(H,24,26). The van der Waals surface area contributed by atoms with E-state index >= 15 is 0 Å². The second-order valence-electron chi connectivity index (χ2n) is 7.98. The van der Waals surface area contributed by atoms with Crippen LogP contribution in [0.1, 0.15) is 66.9 Å². The van der Waals surface area contributed by atoms with E-state index in [4.69, 9.17) is 11.6 Å². The van der Waals surface area contributed by atoms with Gasteiger partial charge in [-0.25, -0.2) is 8.78 Å². The van der Waals surface area contributed by atoms with Crippen LogP contribution in [0.25, 0.3) is 5.52 Å². The zero-order valence-corrected chi connectivity index (χ0v) is 15.7. The van der Waals surface area contributed by atoms with Crippen LogP contribution in [0.4, 0.5) is 8.78 Å². The molecule has 0 aliphatic heterocycles. The Labute approximate surface area is 161 Å². The summed E-state index contributed by atoms with van der Waals surface area (Å²) in [6.45, 7) is -0.192. The second kappa shape index (κ2) is 6.74. The van der Waals surface area contributed by atoms with Crippen molar-refractivity contribution in [2.24, 2.45) is 0 Å². The fourth-order valence-electron chi connectivity index (χ4n) is 4.26. The fourth-order valence-corrected chi connectivity index (χ4v) is 4.52. The van der Waals surface area contributed by atoms with E-state index < -0.39 is 23.9 Å². The Bertz CT molecular complexity index is 878. The lowest BCUT2D eigenvalue weighted by Crippen LogP contribution is -2.49. The van der Waals surface area contributed by atoms with Crippen molar-refractivity contribution in [2.45, 2.75) is 62.4 Å². The maximum Gasteiger partial charge on any atom is 0.253 e. The Kier molecular flexibility index (Phi) is 4.67. The van der Waals surface area contributed by atoms with Crippen molar-refractivity contribution in [3.05, 3.63) is 40.7 Å². The third-order valence-corrected chi connectivity index (χ3v) is 6.19. The average Bonchev–Trinajstić information content (AvgIpc) is 2.91. The summed E-state index contributed by atoms with van der Waals surface area (Å²) in [6.07, 6.45) is 4.88. The van der Waals surface area contributed by atoms with E-state index in [1.165, 1.54) is 6.42 Å². The van der Waals surface area contributed by atoms with Gasteiger partial charge in [0, 0.05) is 31.3 Å². The Morgan fingerprint density at radius 2 is 2.11 bits per heavy atom. The molecule has 146 valence electrons. The summed E-state index contributed by atoms with van der Waals surface area (Å²) < 4.78 is 29.3. The van der Waals surface area contributed by atoms with Crippen molar-refractivity contribution in [1.29, 1.82) is 0 Å². The summed E-state index contributed by atoms with van der Waals surface area (Å²) in [5.74, 6) is -2.88. The van der Waals surface area contributed by atoms with Gasteiger partial charge in [0.1, 0.15) is 0 Å². The van der Waals surface area contributed by atoms with E-state index in [-0.39, 0.29) is 25.8 Å². The lowest BCUT2D eigenvalue weighted by atomic mass is 9.82. The summed E-state index contributed by atoms with van der Waals surface area (Å²) >= 11 is 6.35. The van der Waals surface area contributed by atoms with Crippen LogP contribution in [0.15, 0.2) is 24.4 Å². The number of fused-ring (bicyclic) bond motifs is 1. The summed E-state index contributed by atoms with van der Waals surface area (Å²) in [5, 5.41) is 13.6. The van der Waals surface area contributed by atoms with Crippen LogP contribution in [0, 0.1) is 0 Å². The first-order chi connectivity index (χ1) is 12.8. The number of amides is 1. The van der Waals surface area contributed by atoms with E-state index in [1.54, 1.807) is 6.07 Å². The molecule has 0 bridgehead atoms. The molecule has 2 aromatic heterocycles. The van der Waals surface area contributed by atoms with Gasteiger partial charge in [0.15, 0.2) is 0 Å². The minimum absolute atomic E-state index is 0.192. The second-order valence-corrected chi connectivity index (χ2v) is 8.39. The molecule has 1 atom stereocenters. The summed E-state index contributed by atoms with van der Waals surface area (Å²) in [5.41, 5.74) is 0.521. The third-order valence-electron chi connectivity index (χ3n) is 5.89. The number of nitrogens with one attached hydrogen (secondary N) is 1. The van der Waals surface area contributed by atoms with Crippen LogP contribution in [-0.2, 0) is 0 Å². The highest BCUT2D eigenvalue weighted by atomic mass is 35.5. The Balaban J connectivity index is 1.58. The van der Waals surface area contributed by atoms with Crippen LogP contribution >= 0.6 is 11.6 Å². The lowest BCUT2D eigenvalue weighted by Gasteiger charge is -2.36. The van der Waals surface area contributed by atoms with Gasteiger partial charge in [-0.05, 0) is 49.8 Å². The molecule has 4 rings (SSSR count). The summed E-state index contributed by atoms with van der Waals surface area (Å²) in [6, 6.07) is 5.42. The molecular weight excluding hydrogens is 374 g/mol. The van der Waals surface area contributed by atoms with Gasteiger partial charge in [0.25, 0.3) is 11.8 Å². The number of halogens is 3. The molecule has 2 aromatic rings. The van der Waals surface area contributed by atoms with Crippen LogP contribution in [0.5, 0.6) is 0 Å². The molecule has 2 saturated carbocycles. The van der Waals surface area contributed by atoms with Gasteiger partial charge < -0.3 is 14.8 Å². The minimum Gasteiger partial charge on any atom is -0.388 e. The summed E-state index contributed by atoms with van der Waals surface area (Å²) in [4.78, 5) is 12.8. The molecule has 2 heterocycles. The molecule has 0 radical (unpaired) electrons. The molecule has 2 aliphatic carbocycles. The largest absolute Gasteiger partial charge is 0.388 e. The molecule has 7 heteroatoms. The predicted octanol–water partition coefficient (Wildman–Crippen LogP) is 4.53. The molecule has 4 nitrogen and oxygen atoms in total. The van der Waals surface area contributed by atoms with Gasteiger partial charge in [-0.3, -0.25) is 4.79 Å². The number of alkyl halides is 2. The van der Waals surface area contributed by atoms with E-state index in [0.29, 0.717) is 22.0 Å². The zero-order valence-electron chi connectivity index (χ0n) is 15.0. The molecule has 2 aliphatic rings.